The number of hydrogen-bond acceptors (Lipinski definition) is 2. The molecule has 1 N–H and O–H groups in total. The SMILES string of the molecule is Bc1ccc2nc(CCO)cn2c1. The van der Waals surface area contributed by atoms with Crippen LogP contribution in [0.25, 0.3) is 5.65 Å². The highest BCUT2D eigenvalue weighted by atomic mass is 16.3. The van der Waals surface area contributed by atoms with Gasteiger partial charge in [-0.2, -0.15) is 0 Å². The average Bonchev–Trinajstić information content (AvgIpc) is 2.46. The molecule has 0 spiro atoms. The fourth-order valence-corrected chi connectivity index (χ4v) is 1.39. The van der Waals surface area contributed by atoms with Crippen molar-refractivity contribution in [3.05, 3.63) is 30.2 Å². The Balaban J connectivity index is 2.49. The minimum Gasteiger partial charge on any atom is -0.396 e. The van der Waals surface area contributed by atoms with Crippen molar-refractivity contribution in [2.24, 2.45) is 0 Å². The second-order valence-electron chi connectivity index (χ2n) is 3.18. The molecule has 0 amide bonds. The molecule has 66 valence electrons. The van der Waals surface area contributed by atoms with Crippen LogP contribution >= 0.6 is 0 Å². The van der Waals surface area contributed by atoms with Gasteiger partial charge in [-0.1, -0.05) is 11.5 Å². The molecule has 13 heavy (non-hydrogen) atoms. The number of rotatable bonds is 2. The first-order chi connectivity index (χ1) is 6.29. The predicted octanol–water partition coefficient (Wildman–Crippen LogP) is -0.873. The third-order valence-corrected chi connectivity index (χ3v) is 2.02. The monoisotopic (exact) mass is 174 g/mol. The van der Waals surface area contributed by atoms with E-state index in [0.717, 1.165) is 11.3 Å². The van der Waals surface area contributed by atoms with Crippen molar-refractivity contribution in [1.29, 1.82) is 0 Å². The fourth-order valence-electron chi connectivity index (χ4n) is 1.39. The quantitative estimate of drug-likeness (QED) is 0.600. The van der Waals surface area contributed by atoms with E-state index in [1.165, 1.54) is 5.46 Å². The summed E-state index contributed by atoms with van der Waals surface area (Å²) in [6.07, 6.45) is 4.61. The maximum absolute atomic E-state index is 8.75. The molecule has 0 bridgehead atoms. The smallest absolute Gasteiger partial charge is 0.141 e. The first-order valence-corrected chi connectivity index (χ1v) is 4.35. The lowest BCUT2D eigenvalue weighted by Crippen LogP contribution is -2.03. The number of imidazole rings is 1. The zero-order valence-electron chi connectivity index (χ0n) is 7.57. The molecule has 0 aliphatic heterocycles. The molecular weight excluding hydrogens is 163 g/mol. The van der Waals surface area contributed by atoms with Gasteiger partial charge in [0.1, 0.15) is 13.5 Å². The van der Waals surface area contributed by atoms with Crippen LogP contribution in [0.1, 0.15) is 5.69 Å². The summed E-state index contributed by atoms with van der Waals surface area (Å²) in [5.41, 5.74) is 3.09. The van der Waals surface area contributed by atoms with Gasteiger partial charge >= 0.3 is 0 Å². The Morgan fingerprint density at radius 3 is 3.00 bits per heavy atom. The van der Waals surface area contributed by atoms with Gasteiger partial charge in [-0.3, -0.25) is 0 Å². The molecule has 0 aliphatic carbocycles. The summed E-state index contributed by atoms with van der Waals surface area (Å²) in [7, 11) is 2.05. The Morgan fingerprint density at radius 2 is 2.23 bits per heavy atom. The third-order valence-electron chi connectivity index (χ3n) is 2.02. The minimum atomic E-state index is 0.156. The third kappa shape index (κ3) is 1.58. The van der Waals surface area contributed by atoms with Crippen molar-refractivity contribution < 1.29 is 5.11 Å². The Kier molecular flexibility index (Phi) is 2.06. The van der Waals surface area contributed by atoms with E-state index in [1.54, 1.807) is 0 Å². The van der Waals surface area contributed by atoms with Crippen LogP contribution in [-0.4, -0.2) is 28.9 Å². The zero-order chi connectivity index (χ0) is 9.26. The molecular formula is C9H11BN2O. The van der Waals surface area contributed by atoms with Gasteiger partial charge in [0.15, 0.2) is 0 Å². The lowest BCUT2D eigenvalue weighted by atomic mass is 9.99. The lowest BCUT2D eigenvalue weighted by Gasteiger charge is -1.93. The van der Waals surface area contributed by atoms with Gasteiger partial charge in [0, 0.05) is 25.4 Å². The van der Waals surface area contributed by atoms with Crippen molar-refractivity contribution in [3.8, 4) is 0 Å². The standard InChI is InChI=1S/C9H11BN2O/c10-7-1-2-9-11-8(3-4-13)6-12(9)5-7/h1-2,5-6,13H,3-4,10H2. The summed E-state index contributed by atoms with van der Waals surface area (Å²) >= 11 is 0. The maximum atomic E-state index is 8.75. The Hall–Kier alpha value is -1.29. The summed E-state index contributed by atoms with van der Waals surface area (Å²) in [6, 6.07) is 4.02. The van der Waals surface area contributed by atoms with Crippen molar-refractivity contribution in [3.63, 3.8) is 0 Å². The van der Waals surface area contributed by atoms with Crippen LogP contribution in [0.15, 0.2) is 24.5 Å². The highest BCUT2D eigenvalue weighted by Crippen LogP contribution is 2.03. The van der Waals surface area contributed by atoms with Crippen molar-refractivity contribution in [1.82, 2.24) is 9.38 Å². The molecule has 2 rings (SSSR count). The molecule has 2 heterocycles. The number of aliphatic hydroxyl groups is 1. The number of nitrogens with zero attached hydrogens (tertiary/aromatic N) is 2. The molecule has 2 aromatic rings. The normalized spacial score (nSPS) is 10.8. The summed E-state index contributed by atoms with van der Waals surface area (Å²) in [5, 5.41) is 8.75. The number of fused-ring (bicyclic) bond motifs is 1. The Morgan fingerprint density at radius 1 is 1.38 bits per heavy atom. The van der Waals surface area contributed by atoms with Crippen LogP contribution in [0.2, 0.25) is 0 Å². The second kappa shape index (κ2) is 3.22. The van der Waals surface area contributed by atoms with Gasteiger partial charge in [0.05, 0.1) is 5.69 Å². The summed E-state index contributed by atoms with van der Waals surface area (Å²) in [6.45, 7) is 0.156. The molecule has 4 heteroatoms. The van der Waals surface area contributed by atoms with Crippen LogP contribution in [0.3, 0.4) is 0 Å². The molecule has 0 saturated heterocycles. The first-order valence-electron chi connectivity index (χ1n) is 4.35. The molecule has 0 saturated carbocycles. The summed E-state index contributed by atoms with van der Waals surface area (Å²) in [4.78, 5) is 4.35. The van der Waals surface area contributed by atoms with Crippen LogP contribution in [-0.2, 0) is 6.42 Å². The summed E-state index contributed by atoms with van der Waals surface area (Å²) in [5.74, 6) is 0. The van der Waals surface area contributed by atoms with Gasteiger partial charge in [-0.15, -0.1) is 0 Å². The fraction of sp³-hybridized carbons (Fsp3) is 0.222. The topological polar surface area (TPSA) is 37.5 Å². The first kappa shape index (κ1) is 8.32. The molecule has 0 aromatic carbocycles. The van der Waals surface area contributed by atoms with E-state index in [0.29, 0.717) is 6.42 Å². The predicted molar refractivity (Wildman–Crippen MR) is 54.2 cm³/mol. The summed E-state index contributed by atoms with van der Waals surface area (Å²) < 4.78 is 1.99. The molecule has 0 aliphatic rings. The Bertz CT molecular complexity index is 424. The second-order valence-corrected chi connectivity index (χ2v) is 3.18. The van der Waals surface area contributed by atoms with Gasteiger partial charge in [-0.25, -0.2) is 4.98 Å². The van der Waals surface area contributed by atoms with Crippen LogP contribution in [0, 0.1) is 0 Å². The average molecular weight is 174 g/mol. The van der Waals surface area contributed by atoms with Crippen molar-refractivity contribution in [2.45, 2.75) is 6.42 Å². The zero-order valence-corrected chi connectivity index (χ0v) is 7.57. The molecule has 3 nitrogen and oxygen atoms in total. The van der Waals surface area contributed by atoms with Gasteiger partial charge < -0.3 is 9.51 Å². The number of hydrogen-bond donors (Lipinski definition) is 1. The van der Waals surface area contributed by atoms with Crippen molar-refractivity contribution in [2.75, 3.05) is 6.61 Å². The van der Waals surface area contributed by atoms with E-state index in [2.05, 4.69) is 4.98 Å². The van der Waals surface area contributed by atoms with Crippen LogP contribution < -0.4 is 5.46 Å². The number of aromatic nitrogens is 2. The van der Waals surface area contributed by atoms with E-state index < -0.39 is 0 Å². The molecule has 0 unspecified atom stereocenters. The molecule has 0 atom stereocenters. The largest absolute Gasteiger partial charge is 0.396 e. The highest BCUT2D eigenvalue weighted by Gasteiger charge is 1.99. The maximum Gasteiger partial charge on any atom is 0.141 e. The van der Waals surface area contributed by atoms with E-state index in [-0.39, 0.29) is 6.61 Å². The molecule has 0 radical (unpaired) electrons. The van der Waals surface area contributed by atoms with Gasteiger partial charge in [-0.05, 0) is 6.07 Å². The van der Waals surface area contributed by atoms with E-state index >= 15 is 0 Å². The molecule has 2 aromatic heterocycles. The van der Waals surface area contributed by atoms with E-state index in [9.17, 15) is 0 Å². The van der Waals surface area contributed by atoms with Crippen LogP contribution in [0.5, 0.6) is 0 Å². The van der Waals surface area contributed by atoms with E-state index in [1.807, 2.05) is 36.8 Å². The van der Waals surface area contributed by atoms with Gasteiger partial charge in [0.2, 0.25) is 0 Å². The van der Waals surface area contributed by atoms with Crippen molar-refractivity contribution >= 4 is 19.0 Å². The number of pyridine rings is 1. The lowest BCUT2D eigenvalue weighted by molar-refractivity contribution is 0.298. The molecule has 0 fully saturated rings. The van der Waals surface area contributed by atoms with E-state index in [4.69, 9.17) is 5.11 Å². The Labute approximate surface area is 77.4 Å². The van der Waals surface area contributed by atoms with Crippen LogP contribution in [0.4, 0.5) is 0 Å². The van der Waals surface area contributed by atoms with Gasteiger partial charge in [0.25, 0.3) is 0 Å². The highest BCUT2D eigenvalue weighted by molar-refractivity contribution is 6.32. The number of aliphatic hydroxyl groups excluding tert-OH is 1. The minimum absolute atomic E-state index is 0.156.